The lowest BCUT2D eigenvalue weighted by atomic mass is 10.2. The summed E-state index contributed by atoms with van der Waals surface area (Å²) in [5.74, 6) is 0.683. The molecule has 0 aliphatic heterocycles. The molecule has 5 nitrogen and oxygen atoms in total. The average molecular weight is 408 g/mol. The van der Waals surface area contributed by atoms with Crippen LogP contribution in [0.2, 0.25) is 0 Å². The van der Waals surface area contributed by atoms with Crippen molar-refractivity contribution < 1.29 is 37.9 Å². The molecule has 3 aromatic rings. The Balaban J connectivity index is 0.00000176. The first-order chi connectivity index (χ1) is 10.1. The van der Waals surface area contributed by atoms with Gasteiger partial charge in [0.05, 0.1) is 11.0 Å². The second-order valence-corrected chi connectivity index (χ2v) is 4.65. The first-order valence-corrected chi connectivity index (χ1v) is 6.45. The zero-order valence-electron chi connectivity index (χ0n) is 11.8. The minimum atomic E-state index is -0.404. The van der Waals surface area contributed by atoms with Crippen molar-refractivity contribution in [2.75, 3.05) is 0 Å². The van der Waals surface area contributed by atoms with Crippen LogP contribution in [-0.4, -0.2) is 4.92 Å². The smallest absolute Gasteiger partial charge is 0.373 e. The number of para-hydroxylation sites is 2. The number of hydrogen-bond acceptors (Lipinski definition) is 3. The third-order valence-corrected chi connectivity index (χ3v) is 3.27. The first-order valence-electron chi connectivity index (χ1n) is 6.45. The van der Waals surface area contributed by atoms with Crippen molar-refractivity contribution in [3.8, 4) is 0 Å². The second-order valence-electron chi connectivity index (χ2n) is 4.65. The fourth-order valence-electron chi connectivity index (χ4n) is 2.18. The number of aromatic nitrogens is 1. The Morgan fingerprint density at radius 3 is 2.64 bits per heavy atom. The van der Waals surface area contributed by atoms with Crippen molar-refractivity contribution in [2.24, 2.45) is 7.05 Å². The highest BCUT2D eigenvalue weighted by Gasteiger charge is 2.15. The molecule has 0 bridgehead atoms. The molecule has 0 atom stereocenters. The largest absolute Gasteiger partial charge is 1.00 e. The number of non-ortho nitro benzene ring substituents is 1. The summed E-state index contributed by atoms with van der Waals surface area (Å²) in [5, 5.41) is 10.8. The van der Waals surface area contributed by atoms with E-state index in [4.69, 9.17) is 4.42 Å². The van der Waals surface area contributed by atoms with E-state index in [1.165, 1.54) is 12.1 Å². The SMILES string of the molecule is C[n+]1c(/C=C/c2cccc([N+](=O)[O-])c2)oc2ccccc21.[I-]. The molecule has 1 aromatic heterocycles. The number of benzene rings is 2. The number of fused-ring (bicyclic) bond motifs is 1. The maximum Gasteiger partial charge on any atom is 0.373 e. The molecular weight excluding hydrogens is 395 g/mol. The van der Waals surface area contributed by atoms with E-state index in [0.29, 0.717) is 5.89 Å². The van der Waals surface area contributed by atoms with Crippen LogP contribution < -0.4 is 28.5 Å². The number of aryl methyl sites for hydroxylation is 1. The van der Waals surface area contributed by atoms with Crippen molar-refractivity contribution in [3.63, 3.8) is 0 Å². The summed E-state index contributed by atoms with van der Waals surface area (Å²) in [7, 11) is 1.92. The molecule has 112 valence electrons. The Kier molecular flexibility index (Phi) is 4.92. The van der Waals surface area contributed by atoms with Crippen molar-refractivity contribution in [3.05, 3.63) is 70.1 Å². The molecule has 3 rings (SSSR count). The van der Waals surface area contributed by atoms with Gasteiger partial charge in [0.25, 0.3) is 11.2 Å². The molecule has 22 heavy (non-hydrogen) atoms. The van der Waals surface area contributed by atoms with E-state index in [1.54, 1.807) is 18.2 Å². The van der Waals surface area contributed by atoms with Gasteiger partial charge in [-0.15, -0.1) is 0 Å². The number of hydrogen-bond donors (Lipinski definition) is 0. The highest BCUT2D eigenvalue weighted by Crippen LogP contribution is 2.17. The van der Waals surface area contributed by atoms with E-state index < -0.39 is 4.92 Å². The van der Waals surface area contributed by atoms with Gasteiger partial charge in [0.15, 0.2) is 0 Å². The molecule has 0 fully saturated rings. The summed E-state index contributed by atoms with van der Waals surface area (Å²) in [6.45, 7) is 0. The maximum atomic E-state index is 10.8. The highest BCUT2D eigenvalue weighted by atomic mass is 127. The lowest BCUT2D eigenvalue weighted by Gasteiger charge is -1.93. The predicted molar refractivity (Wildman–Crippen MR) is 79.4 cm³/mol. The topological polar surface area (TPSA) is 60.2 Å². The molecule has 2 aromatic carbocycles. The molecule has 6 heteroatoms. The van der Waals surface area contributed by atoms with E-state index in [0.717, 1.165) is 16.7 Å². The highest BCUT2D eigenvalue weighted by molar-refractivity contribution is 5.72. The summed E-state index contributed by atoms with van der Waals surface area (Å²) in [6.07, 6.45) is 3.60. The monoisotopic (exact) mass is 408 g/mol. The summed E-state index contributed by atoms with van der Waals surface area (Å²) in [4.78, 5) is 10.4. The summed E-state index contributed by atoms with van der Waals surface area (Å²) in [5.41, 5.74) is 2.63. The van der Waals surface area contributed by atoms with Gasteiger partial charge in [0.2, 0.25) is 5.58 Å². The third-order valence-electron chi connectivity index (χ3n) is 3.27. The van der Waals surface area contributed by atoms with Gasteiger partial charge in [-0.25, -0.2) is 0 Å². The van der Waals surface area contributed by atoms with Crippen LogP contribution in [0.5, 0.6) is 0 Å². The lowest BCUT2D eigenvalue weighted by molar-refractivity contribution is -0.651. The van der Waals surface area contributed by atoms with Crippen molar-refractivity contribution >= 4 is 28.9 Å². The van der Waals surface area contributed by atoms with E-state index in [1.807, 2.05) is 41.9 Å². The van der Waals surface area contributed by atoms with Crippen LogP contribution in [0.4, 0.5) is 5.69 Å². The fourth-order valence-corrected chi connectivity index (χ4v) is 2.18. The molecule has 1 heterocycles. The van der Waals surface area contributed by atoms with Gasteiger partial charge in [-0.3, -0.25) is 10.1 Å². The Bertz CT molecular complexity index is 855. The number of rotatable bonds is 3. The standard InChI is InChI=1S/C16H13N2O3.HI/c1-17-14-7-2-3-8-15(14)21-16(17)10-9-12-5-4-6-13(11-12)18(19)20;/h2-11H,1H3;1H/q+1;/p-1/b10-9+;. The quantitative estimate of drug-likeness (QED) is 0.272. The number of nitrogens with zero attached hydrogens (tertiary/aromatic N) is 2. The molecule has 0 radical (unpaired) electrons. The van der Waals surface area contributed by atoms with Gasteiger partial charge < -0.3 is 28.4 Å². The van der Waals surface area contributed by atoms with Gasteiger partial charge in [-0.05, 0) is 17.7 Å². The van der Waals surface area contributed by atoms with Crippen LogP contribution >= 0.6 is 0 Å². The van der Waals surface area contributed by atoms with Crippen LogP contribution in [0, 0.1) is 10.1 Å². The summed E-state index contributed by atoms with van der Waals surface area (Å²) >= 11 is 0. The number of nitro benzene ring substituents is 1. The molecular formula is C16H13IN2O3. The van der Waals surface area contributed by atoms with Gasteiger partial charge in [-0.2, -0.15) is 4.57 Å². The van der Waals surface area contributed by atoms with Crippen LogP contribution in [0.1, 0.15) is 11.5 Å². The van der Waals surface area contributed by atoms with E-state index >= 15 is 0 Å². The molecule has 0 N–H and O–H groups in total. The Hall–Kier alpha value is -2.22. The van der Waals surface area contributed by atoms with Crippen LogP contribution in [0.15, 0.2) is 52.9 Å². The van der Waals surface area contributed by atoms with Crippen molar-refractivity contribution in [2.45, 2.75) is 0 Å². The molecule has 0 saturated heterocycles. The predicted octanol–water partition coefficient (Wildman–Crippen LogP) is 0.340. The van der Waals surface area contributed by atoms with Crippen molar-refractivity contribution in [1.29, 1.82) is 0 Å². The normalized spacial score (nSPS) is 10.8. The van der Waals surface area contributed by atoms with Crippen molar-refractivity contribution in [1.82, 2.24) is 0 Å². The van der Waals surface area contributed by atoms with Crippen LogP contribution in [0.3, 0.4) is 0 Å². The Morgan fingerprint density at radius 2 is 1.91 bits per heavy atom. The maximum absolute atomic E-state index is 10.8. The molecule has 0 aliphatic carbocycles. The van der Waals surface area contributed by atoms with Gasteiger partial charge >= 0.3 is 5.89 Å². The zero-order valence-corrected chi connectivity index (χ0v) is 13.9. The molecule has 0 amide bonds. The minimum Gasteiger partial charge on any atom is -1.00 e. The molecule has 0 aliphatic rings. The summed E-state index contributed by atoms with van der Waals surface area (Å²) < 4.78 is 7.67. The first kappa shape index (κ1) is 16.2. The van der Waals surface area contributed by atoms with E-state index in [9.17, 15) is 10.1 Å². The van der Waals surface area contributed by atoms with Gasteiger partial charge in [-0.1, -0.05) is 24.3 Å². The molecule has 0 spiro atoms. The van der Waals surface area contributed by atoms with Crippen LogP contribution in [-0.2, 0) is 7.05 Å². The Morgan fingerprint density at radius 1 is 1.14 bits per heavy atom. The third kappa shape index (κ3) is 3.16. The molecule has 0 saturated carbocycles. The lowest BCUT2D eigenvalue weighted by Crippen LogP contribution is -3.00. The van der Waals surface area contributed by atoms with Crippen LogP contribution in [0.25, 0.3) is 23.3 Å². The average Bonchev–Trinajstić information content (AvgIpc) is 2.82. The van der Waals surface area contributed by atoms with Gasteiger partial charge in [0.1, 0.15) is 7.05 Å². The Labute approximate surface area is 144 Å². The second kappa shape index (κ2) is 6.69. The number of nitro groups is 1. The van der Waals surface area contributed by atoms with Gasteiger partial charge in [0, 0.05) is 18.2 Å². The molecule has 0 unspecified atom stereocenters. The fraction of sp³-hybridized carbons (Fsp3) is 0.0625. The minimum absolute atomic E-state index is 0. The number of oxazole rings is 1. The number of halogens is 1. The van der Waals surface area contributed by atoms with E-state index in [2.05, 4.69) is 0 Å². The van der Waals surface area contributed by atoms with E-state index in [-0.39, 0.29) is 29.7 Å². The summed E-state index contributed by atoms with van der Waals surface area (Å²) in [6, 6.07) is 14.2. The zero-order chi connectivity index (χ0) is 14.8.